The summed E-state index contributed by atoms with van der Waals surface area (Å²) in [6, 6.07) is 11.0. The molecule has 0 aliphatic rings. The van der Waals surface area contributed by atoms with Gasteiger partial charge in [-0.2, -0.15) is 0 Å². The molecule has 0 bridgehead atoms. The van der Waals surface area contributed by atoms with Gasteiger partial charge in [-0.1, -0.05) is 17.7 Å². The third-order valence-corrected chi connectivity index (χ3v) is 5.37. The molecule has 1 aromatic heterocycles. The Bertz CT molecular complexity index is 957. The van der Waals surface area contributed by atoms with E-state index >= 15 is 0 Å². The number of hydrogen-bond acceptors (Lipinski definition) is 3. The fraction of sp³-hybridized carbons (Fsp3) is 0.150. The van der Waals surface area contributed by atoms with Crippen molar-refractivity contribution < 1.29 is 14.3 Å². The van der Waals surface area contributed by atoms with Crippen LogP contribution in [0.2, 0.25) is 5.02 Å². The Hall–Kier alpha value is -2.37. The topological polar surface area (TPSA) is 40.5 Å². The molecule has 1 amide bonds. The number of rotatable bonds is 4. The molecule has 0 fully saturated rings. The van der Waals surface area contributed by atoms with E-state index in [0.717, 1.165) is 4.88 Å². The number of thiophene rings is 1. The molecule has 0 aliphatic heterocycles. The maximum absolute atomic E-state index is 14.4. The quantitative estimate of drug-likeness (QED) is 0.640. The molecule has 1 heterocycles. The van der Waals surface area contributed by atoms with Gasteiger partial charge in [0.05, 0.1) is 6.54 Å². The first-order valence-electron chi connectivity index (χ1n) is 7.93. The number of aromatic hydroxyl groups is 1. The molecular weight excluding hydrogens is 373 g/mol. The molecule has 2 aromatic carbocycles. The number of phenols is 1. The Balaban J connectivity index is 1.95. The third-order valence-electron chi connectivity index (χ3n) is 4.10. The van der Waals surface area contributed by atoms with E-state index in [1.54, 1.807) is 30.2 Å². The summed E-state index contributed by atoms with van der Waals surface area (Å²) in [5.74, 6) is -0.836. The Kier molecular flexibility index (Phi) is 5.30. The SMILES string of the molecule is Cc1cc(O)c(-c2cc(C(=O)N(C)Cc3cccs3)ccc2F)cc1Cl. The zero-order valence-corrected chi connectivity index (χ0v) is 15.9. The smallest absolute Gasteiger partial charge is 0.253 e. The highest BCUT2D eigenvalue weighted by atomic mass is 35.5. The maximum atomic E-state index is 14.4. The van der Waals surface area contributed by atoms with E-state index in [2.05, 4.69) is 0 Å². The molecule has 0 aliphatic carbocycles. The molecule has 3 rings (SSSR count). The van der Waals surface area contributed by atoms with Crippen LogP contribution in [0.25, 0.3) is 11.1 Å². The lowest BCUT2D eigenvalue weighted by molar-refractivity contribution is 0.0786. The lowest BCUT2D eigenvalue weighted by atomic mass is 9.99. The standard InChI is InChI=1S/C20H17ClFNO2S/c1-12-8-19(24)16(10-17(12)21)15-9-13(5-6-18(15)22)20(25)23(2)11-14-4-3-7-26-14/h3-10,24H,11H2,1-2H3. The predicted octanol–water partition coefficient (Wildman–Crippen LogP) is 5.49. The molecule has 1 N–H and O–H groups in total. The van der Waals surface area contributed by atoms with Crippen molar-refractivity contribution in [1.29, 1.82) is 0 Å². The Labute approximate surface area is 160 Å². The van der Waals surface area contributed by atoms with E-state index < -0.39 is 5.82 Å². The monoisotopic (exact) mass is 389 g/mol. The summed E-state index contributed by atoms with van der Waals surface area (Å²) < 4.78 is 14.4. The van der Waals surface area contributed by atoms with Crippen LogP contribution in [-0.2, 0) is 6.54 Å². The summed E-state index contributed by atoms with van der Waals surface area (Å²) in [7, 11) is 1.70. The van der Waals surface area contributed by atoms with Gasteiger partial charge in [-0.15, -0.1) is 11.3 Å². The average molecular weight is 390 g/mol. The predicted molar refractivity (Wildman–Crippen MR) is 103 cm³/mol. The summed E-state index contributed by atoms with van der Waals surface area (Å²) in [4.78, 5) is 15.3. The second-order valence-corrected chi connectivity index (χ2v) is 7.49. The lowest BCUT2D eigenvalue weighted by Gasteiger charge is -2.17. The maximum Gasteiger partial charge on any atom is 0.253 e. The Morgan fingerprint density at radius 1 is 1.23 bits per heavy atom. The van der Waals surface area contributed by atoms with Gasteiger partial charge in [0.2, 0.25) is 0 Å². The number of amides is 1. The van der Waals surface area contributed by atoms with Crippen LogP contribution >= 0.6 is 22.9 Å². The summed E-state index contributed by atoms with van der Waals surface area (Å²) in [6.07, 6.45) is 0. The zero-order chi connectivity index (χ0) is 18.8. The minimum Gasteiger partial charge on any atom is -0.507 e. The minimum atomic E-state index is -0.530. The normalized spacial score (nSPS) is 10.8. The highest BCUT2D eigenvalue weighted by Crippen LogP contribution is 2.35. The van der Waals surface area contributed by atoms with Crippen LogP contribution in [0.3, 0.4) is 0 Å². The zero-order valence-electron chi connectivity index (χ0n) is 14.3. The molecule has 3 nitrogen and oxygen atoms in total. The number of carbonyl (C=O) groups is 1. The molecule has 0 spiro atoms. The van der Waals surface area contributed by atoms with E-state index in [1.807, 2.05) is 17.5 Å². The summed E-state index contributed by atoms with van der Waals surface area (Å²) in [6.45, 7) is 2.23. The number of benzene rings is 2. The number of phenolic OH excluding ortho intramolecular Hbond substituents is 1. The summed E-state index contributed by atoms with van der Waals surface area (Å²) in [5.41, 5.74) is 1.43. The van der Waals surface area contributed by atoms with Crippen molar-refractivity contribution in [2.75, 3.05) is 7.05 Å². The molecule has 0 atom stereocenters. The minimum absolute atomic E-state index is 0.0812. The molecule has 6 heteroatoms. The van der Waals surface area contributed by atoms with Crippen LogP contribution in [0.15, 0.2) is 47.8 Å². The van der Waals surface area contributed by atoms with Crippen molar-refractivity contribution in [2.24, 2.45) is 0 Å². The highest BCUT2D eigenvalue weighted by Gasteiger charge is 2.18. The molecule has 0 saturated heterocycles. The van der Waals surface area contributed by atoms with Crippen molar-refractivity contribution in [3.8, 4) is 16.9 Å². The van der Waals surface area contributed by atoms with Gasteiger partial charge in [-0.3, -0.25) is 4.79 Å². The molecule has 0 unspecified atom stereocenters. The Morgan fingerprint density at radius 2 is 2.00 bits per heavy atom. The number of nitrogens with zero attached hydrogens (tertiary/aromatic N) is 1. The molecule has 3 aromatic rings. The van der Waals surface area contributed by atoms with Crippen LogP contribution in [0.5, 0.6) is 5.75 Å². The molecular formula is C20H17ClFNO2S. The number of carbonyl (C=O) groups excluding carboxylic acids is 1. The van der Waals surface area contributed by atoms with Crippen molar-refractivity contribution in [3.63, 3.8) is 0 Å². The fourth-order valence-corrected chi connectivity index (χ4v) is 3.60. The van der Waals surface area contributed by atoms with Crippen LogP contribution < -0.4 is 0 Å². The van der Waals surface area contributed by atoms with E-state index in [0.29, 0.717) is 22.7 Å². The van der Waals surface area contributed by atoms with Gasteiger partial charge >= 0.3 is 0 Å². The molecule has 0 radical (unpaired) electrons. The lowest BCUT2D eigenvalue weighted by Crippen LogP contribution is -2.25. The first-order chi connectivity index (χ1) is 12.4. The van der Waals surface area contributed by atoms with E-state index in [1.165, 1.54) is 30.3 Å². The fourth-order valence-electron chi connectivity index (χ4n) is 2.68. The summed E-state index contributed by atoms with van der Waals surface area (Å²) >= 11 is 7.68. The van der Waals surface area contributed by atoms with Gasteiger partial charge in [-0.05, 0) is 54.3 Å². The van der Waals surface area contributed by atoms with Gasteiger partial charge in [-0.25, -0.2) is 4.39 Å². The first-order valence-corrected chi connectivity index (χ1v) is 9.19. The third kappa shape index (κ3) is 3.74. The van der Waals surface area contributed by atoms with Gasteiger partial charge in [0.25, 0.3) is 5.91 Å². The van der Waals surface area contributed by atoms with Crippen LogP contribution in [0.1, 0.15) is 20.8 Å². The molecule has 26 heavy (non-hydrogen) atoms. The van der Waals surface area contributed by atoms with Gasteiger partial charge in [0.1, 0.15) is 11.6 Å². The average Bonchev–Trinajstić information content (AvgIpc) is 3.11. The highest BCUT2D eigenvalue weighted by molar-refractivity contribution is 7.09. The van der Waals surface area contributed by atoms with E-state index in [9.17, 15) is 14.3 Å². The van der Waals surface area contributed by atoms with Gasteiger partial charge in [0, 0.05) is 33.6 Å². The van der Waals surface area contributed by atoms with Gasteiger partial charge < -0.3 is 10.0 Å². The van der Waals surface area contributed by atoms with Crippen molar-refractivity contribution >= 4 is 28.8 Å². The molecule has 134 valence electrons. The second kappa shape index (κ2) is 7.48. The van der Waals surface area contributed by atoms with Crippen molar-refractivity contribution in [3.05, 3.63) is 74.7 Å². The first kappa shape index (κ1) is 18.4. The molecule has 0 saturated carbocycles. The van der Waals surface area contributed by atoms with Crippen LogP contribution in [-0.4, -0.2) is 23.0 Å². The number of halogens is 2. The van der Waals surface area contributed by atoms with Crippen molar-refractivity contribution in [1.82, 2.24) is 4.90 Å². The summed E-state index contributed by atoms with van der Waals surface area (Å²) in [5, 5.41) is 12.6. The van der Waals surface area contributed by atoms with Gasteiger partial charge in [0.15, 0.2) is 0 Å². The largest absolute Gasteiger partial charge is 0.507 e. The van der Waals surface area contributed by atoms with E-state index in [4.69, 9.17) is 11.6 Å². The Morgan fingerprint density at radius 3 is 2.69 bits per heavy atom. The second-order valence-electron chi connectivity index (χ2n) is 6.05. The van der Waals surface area contributed by atoms with Crippen molar-refractivity contribution in [2.45, 2.75) is 13.5 Å². The number of hydrogen-bond donors (Lipinski definition) is 1. The van der Waals surface area contributed by atoms with Crippen LogP contribution in [0, 0.1) is 12.7 Å². The number of aryl methyl sites for hydroxylation is 1. The van der Waals surface area contributed by atoms with Crippen LogP contribution in [0.4, 0.5) is 4.39 Å². The van der Waals surface area contributed by atoms with E-state index in [-0.39, 0.29) is 22.8 Å².